The molecule has 0 aromatic heterocycles. The Labute approximate surface area is 64.9 Å². The van der Waals surface area contributed by atoms with E-state index in [-0.39, 0.29) is 6.42 Å². The van der Waals surface area contributed by atoms with Crippen LogP contribution in [0.3, 0.4) is 0 Å². The number of hydrogen-bond donors (Lipinski definition) is 2. The summed E-state index contributed by atoms with van der Waals surface area (Å²) in [6.07, 6.45) is 0.243. The van der Waals surface area contributed by atoms with Crippen LogP contribution < -0.4 is 0 Å². The topological polar surface area (TPSA) is 83.8 Å². The Morgan fingerprint density at radius 1 is 1.73 bits per heavy atom. The molecular formula is C5H11O5P. The number of hydrogen-bond acceptors (Lipinski definition) is 4. The highest BCUT2D eigenvalue weighted by Gasteiger charge is 2.22. The van der Waals surface area contributed by atoms with Gasteiger partial charge in [0, 0.05) is 0 Å². The molecule has 0 radical (unpaired) electrons. The van der Waals surface area contributed by atoms with Crippen molar-refractivity contribution in [3.05, 3.63) is 0 Å². The van der Waals surface area contributed by atoms with Gasteiger partial charge in [-0.25, -0.2) is 0 Å². The van der Waals surface area contributed by atoms with Crippen LogP contribution in [-0.2, 0) is 13.9 Å². The number of aliphatic hydroxyl groups is 1. The molecule has 0 rings (SSSR count). The van der Waals surface area contributed by atoms with Crippen molar-refractivity contribution in [3.63, 3.8) is 0 Å². The second-order valence-corrected chi connectivity index (χ2v) is 3.52. The second kappa shape index (κ2) is 5.29. The van der Waals surface area contributed by atoms with E-state index in [1.165, 1.54) is 0 Å². The molecule has 11 heavy (non-hydrogen) atoms. The third-order valence-corrected chi connectivity index (χ3v) is 2.84. The van der Waals surface area contributed by atoms with Gasteiger partial charge in [0.2, 0.25) is 8.03 Å². The summed E-state index contributed by atoms with van der Waals surface area (Å²) in [6.45, 7) is 0.906. The van der Waals surface area contributed by atoms with Crippen LogP contribution in [0.1, 0.15) is 13.3 Å². The summed E-state index contributed by atoms with van der Waals surface area (Å²) in [6, 6.07) is 0. The number of carboxylic acids is 1. The molecule has 0 heterocycles. The lowest BCUT2D eigenvalue weighted by Crippen LogP contribution is -2.15. The Morgan fingerprint density at radius 2 is 2.27 bits per heavy atom. The van der Waals surface area contributed by atoms with Gasteiger partial charge >= 0.3 is 5.97 Å². The van der Waals surface area contributed by atoms with Crippen molar-refractivity contribution < 1.29 is 24.1 Å². The van der Waals surface area contributed by atoms with E-state index >= 15 is 0 Å². The SMILES string of the molecule is CCC(C(=O)O)[PH](=O)OCO. The third-order valence-electron chi connectivity index (χ3n) is 1.20. The first-order valence-corrected chi connectivity index (χ1v) is 4.53. The predicted octanol–water partition coefficient (Wildman–Crippen LogP) is 0.291. The molecule has 2 N–H and O–H groups in total. The summed E-state index contributed by atoms with van der Waals surface area (Å²) >= 11 is 0. The number of rotatable bonds is 5. The van der Waals surface area contributed by atoms with Gasteiger partial charge < -0.3 is 14.7 Å². The number of carboxylic acid groups (broad SMARTS) is 1. The zero-order valence-corrected chi connectivity index (χ0v) is 7.11. The first-order valence-electron chi connectivity index (χ1n) is 3.13. The number of carbonyl (C=O) groups is 1. The van der Waals surface area contributed by atoms with Crippen molar-refractivity contribution in [2.75, 3.05) is 6.79 Å². The molecule has 0 aromatic carbocycles. The van der Waals surface area contributed by atoms with Crippen molar-refractivity contribution in [2.45, 2.75) is 19.0 Å². The minimum Gasteiger partial charge on any atom is -0.481 e. The third kappa shape index (κ3) is 3.51. The van der Waals surface area contributed by atoms with Crippen LogP contribution in [0.25, 0.3) is 0 Å². The molecule has 0 aliphatic rings. The lowest BCUT2D eigenvalue weighted by molar-refractivity contribution is -0.136. The first kappa shape index (κ1) is 10.6. The maximum Gasteiger partial charge on any atom is 0.316 e. The standard InChI is InChI=1S/C5H11O5P/c1-2-4(5(7)8)11(9)10-3-6/h4,6,11H,2-3H2,1H3,(H,7,8). The molecule has 0 bridgehead atoms. The van der Waals surface area contributed by atoms with Crippen molar-refractivity contribution in [1.29, 1.82) is 0 Å². The largest absolute Gasteiger partial charge is 0.481 e. The van der Waals surface area contributed by atoms with Crippen LogP contribution in [0.5, 0.6) is 0 Å². The summed E-state index contributed by atoms with van der Waals surface area (Å²) in [4.78, 5) is 10.3. The molecule has 0 saturated heterocycles. The van der Waals surface area contributed by atoms with Gasteiger partial charge in [-0.15, -0.1) is 0 Å². The lowest BCUT2D eigenvalue weighted by atomic mass is 10.3. The maximum absolute atomic E-state index is 10.8. The molecule has 0 fully saturated rings. The Bertz CT molecular complexity index is 157. The van der Waals surface area contributed by atoms with E-state index in [4.69, 9.17) is 10.2 Å². The van der Waals surface area contributed by atoms with Crippen molar-refractivity contribution in [3.8, 4) is 0 Å². The summed E-state index contributed by atoms with van der Waals surface area (Å²) in [5.41, 5.74) is -0.979. The molecule has 0 aliphatic heterocycles. The molecule has 66 valence electrons. The zero-order valence-electron chi connectivity index (χ0n) is 6.11. The maximum atomic E-state index is 10.8. The number of aliphatic carboxylic acids is 1. The van der Waals surface area contributed by atoms with E-state index in [2.05, 4.69) is 4.52 Å². The zero-order chi connectivity index (χ0) is 8.85. The van der Waals surface area contributed by atoms with Gasteiger partial charge in [-0.05, 0) is 6.42 Å². The van der Waals surface area contributed by atoms with Gasteiger partial charge in [0.15, 0.2) is 0 Å². The summed E-state index contributed by atoms with van der Waals surface area (Å²) in [7, 11) is -2.63. The van der Waals surface area contributed by atoms with Crippen LogP contribution in [0.2, 0.25) is 0 Å². The van der Waals surface area contributed by atoms with Gasteiger partial charge in [-0.3, -0.25) is 9.36 Å². The van der Waals surface area contributed by atoms with Crippen LogP contribution in [0, 0.1) is 0 Å². The van der Waals surface area contributed by atoms with Gasteiger partial charge in [0.25, 0.3) is 0 Å². The molecule has 2 atom stereocenters. The van der Waals surface area contributed by atoms with Crippen molar-refractivity contribution in [1.82, 2.24) is 0 Å². The molecule has 2 unspecified atom stereocenters. The molecule has 0 saturated carbocycles. The fourth-order valence-electron chi connectivity index (χ4n) is 0.606. The van der Waals surface area contributed by atoms with Gasteiger partial charge in [0.05, 0.1) is 0 Å². The molecule has 0 spiro atoms. The average molecular weight is 182 g/mol. The Hall–Kier alpha value is -0.380. The van der Waals surface area contributed by atoms with E-state index < -0.39 is 26.4 Å². The number of aliphatic hydroxyl groups excluding tert-OH is 1. The highest BCUT2D eigenvalue weighted by atomic mass is 31.1. The Kier molecular flexibility index (Phi) is 5.11. The first-order chi connectivity index (χ1) is 5.13. The van der Waals surface area contributed by atoms with E-state index in [0.29, 0.717) is 0 Å². The van der Waals surface area contributed by atoms with E-state index in [9.17, 15) is 9.36 Å². The molecule has 0 aromatic rings. The van der Waals surface area contributed by atoms with Crippen LogP contribution >= 0.6 is 8.03 Å². The smallest absolute Gasteiger partial charge is 0.316 e. The normalized spacial score (nSPS) is 15.8. The molecule has 6 heteroatoms. The van der Waals surface area contributed by atoms with Crippen molar-refractivity contribution >= 4 is 14.0 Å². The minimum absolute atomic E-state index is 0.243. The summed E-state index contributed by atoms with van der Waals surface area (Å²) < 4.78 is 15.1. The molecule has 5 nitrogen and oxygen atoms in total. The van der Waals surface area contributed by atoms with Crippen LogP contribution in [-0.4, -0.2) is 28.6 Å². The minimum atomic E-state index is -2.63. The average Bonchev–Trinajstić information content (AvgIpc) is 1.88. The lowest BCUT2D eigenvalue weighted by Gasteiger charge is -2.07. The van der Waals surface area contributed by atoms with E-state index in [1.807, 2.05) is 0 Å². The van der Waals surface area contributed by atoms with E-state index in [0.717, 1.165) is 0 Å². The summed E-state index contributed by atoms with van der Waals surface area (Å²) in [5, 5.41) is 16.6. The van der Waals surface area contributed by atoms with Gasteiger partial charge in [0.1, 0.15) is 12.5 Å². The highest BCUT2D eigenvalue weighted by molar-refractivity contribution is 7.41. The quantitative estimate of drug-likeness (QED) is 0.471. The fourth-order valence-corrected chi connectivity index (χ4v) is 1.47. The van der Waals surface area contributed by atoms with Gasteiger partial charge in [-0.1, -0.05) is 6.92 Å². The van der Waals surface area contributed by atoms with Crippen LogP contribution in [0.4, 0.5) is 0 Å². The van der Waals surface area contributed by atoms with Crippen molar-refractivity contribution in [2.24, 2.45) is 0 Å². The fraction of sp³-hybridized carbons (Fsp3) is 0.800. The van der Waals surface area contributed by atoms with Crippen LogP contribution in [0.15, 0.2) is 0 Å². The predicted molar refractivity (Wildman–Crippen MR) is 38.9 cm³/mol. The Balaban J connectivity index is 4.03. The molecule has 0 aliphatic carbocycles. The van der Waals surface area contributed by atoms with E-state index in [1.54, 1.807) is 6.92 Å². The summed E-state index contributed by atoms with van der Waals surface area (Å²) in [5.74, 6) is -1.15. The van der Waals surface area contributed by atoms with Gasteiger partial charge in [-0.2, -0.15) is 0 Å². The Morgan fingerprint density at radius 3 is 2.55 bits per heavy atom. The second-order valence-electron chi connectivity index (χ2n) is 1.89. The highest BCUT2D eigenvalue weighted by Crippen LogP contribution is 2.31. The molecular weight excluding hydrogens is 171 g/mol. The molecule has 0 amide bonds. The monoisotopic (exact) mass is 182 g/mol.